The van der Waals surface area contributed by atoms with Crippen molar-refractivity contribution < 1.29 is 60.5 Å². The van der Waals surface area contributed by atoms with Gasteiger partial charge in [0.2, 0.25) is 6.79 Å². The van der Waals surface area contributed by atoms with Gasteiger partial charge in [-0.25, -0.2) is 21.0 Å². The van der Waals surface area contributed by atoms with Gasteiger partial charge in [0.05, 0.1) is 10.0 Å². The zero-order valence-corrected chi connectivity index (χ0v) is 17.5. The summed E-state index contributed by atoms with van der Waals surface area (Å²) in [6.45, 7) is 1.73. The van der Waals surface area contributed by atoms with Crippen molar-refractivity contribution in [2.45, 2.75) is 16.4 Å². The molecule has 0 atom stereocenters. The SMILES string of the molecule is C=Cc1ccc(OCOS(=O)(=O)C(F)(F)C(F)(F)C(F)(F)S(=O)(=O)[N-]S(C)(=O)=O)cc1. The number of halogens is 6. The third-order valence-corrected chi connectivity index (χ3v) is 7.21. The number of nitrogens with zero attached hydrogens (tertiary/aromatic N) is 1. The molecule has 0 heterocycles. The molecule has 178 valence electrons. The third kappa shape index (κ3) is 5.48. The van der Waals surface area contributed by atoms with Crippen LogP contribution < -0.4 is 4.74 Å². The average Bonchev–Trinajstić information content (AvgIpc) is 2.59. The van der Waals surface area contributed by atoms with Gasteiger partial charge in [0.25, 0.3) is 0 Å². The van der Waals surface area contributed by atoms with Crippen molar-refractivity contribution in [1.29, 1.82) is 0 Å². The maximum Gasteiger partial charge on any atom is 0.439 e. The highest BCUT2D eigenvalue weighted by atomic mass is 32.3. The Balaban J connectivity index is 3.14. The van der Waals surface area contributed by atoms with Gasteiger partial charge in [-0.05, 0) is 17.7 Å². The molecule has 0 unspecified atom stereocenters. The largest absolute Gasteiger partial charge is 0.466 e. The Labute approximate surface area is 172 Å². The molecule has 0 N–H and O–H groups in total. The smallest absolute Gasteiger partial charge is 0.439 e. The van der Waals surface area contributed by atoms with Crippen LogP contribution in [-0.2, 0) is 34.3 Å². The Bertz CT molecular complexity index is 1130. The normalized spacial score (nSPS) is 14.3. The Hall–Kier alpha value is -1.89. The van der Waals surface area contributed by atoms with Crippen LogP contribution in [0.3, 0.4) is 0 Å². The highest BCUT2D eigenvalue weighted by molar-refractivity contribution is 8.12. The van der Waals surface area contributed by atoms with E-state index in [2.05, 4.69) is 15.5 Å². The molecule has 0 aromatic heterocycles. The van der Waals surface area contributed by atoms with Gasteiger partial charge in [0, 0.05) is 6.26 Å². The molecule has 0 amide bonds. The minimum atomic E-state index is -7.21. The number of alkyl halides is 6. The quantitative estimate of drug-likeness (QED) is 0.247. The van der Waals surface area contributed by atoms with Crippen LogP contribution in [0.25, 0.3) is 10.2 Å². The summed E-state index contributed by atoms with van der Waals surface area (Å²) in [6, 6.07) is 5.03. The van der Waals surface area contributed by atoms with Crippen LogP contribution in [0.2, 0.25) is 0 Å². The van der Waals surface area contributed by atoms with Crippen molar-refractivity contribution >= 4 is 36.2 Å². The van der Waals surface area contributed by atoms with Crippen molar-refractivity contribution in [3.63, 3.8) is 0 Å². The summed E-state index contributed by atoms with van der Waals surface area (Å²) >= 11 is 0. The summed E-state index contributed by atoms with van der Waals surface area (Å²) in [7, 11) is -19.4. The summed E-state index contributed by atoms with van der Waals surface area (Å²) < 4.78 is 158. The van der Waals surface area contributed by atoms with Crippen molar-refractivity contribution in [1.82, 2.24) is 0 Å². The highest BCUT2D eigenvalue weighted by Gasteiger charge is 2.81. The van der Waals surface area contributed by atoms with Gasteiger partial charge < -0.3 is 8.86 Å². The predicted octanol–water partition coefficient (Wildman–Crippen LogP) is 2.50. The van der Waals surface area contributed by atoms with Crippen molar-refractivity contribution in [3.8, 4) is 5.75 Å². The summed E-state index contributed by atoms with van der Waals surface area (Å²) in [5.41, 5.74) is 0.551. The number of ether oxygens (including phenoxy) is 1. The van der Waals surface area contributed by atoms with Crippen LogP contribution >= 0.6 is 0 Å². The molecule has 0 bridgehead atoms. The molecule has 18 heteroatoms. The molecule has 0 aliphatic carbocycles. The summed E-state index contributed by atoms with van der Waals surface area (Å²) in [4.78, 5) is 0. The molecule has 0 spiro atoms. The van der Waals surface area contributed by atoms with Crippen LogP contribution in [0, 0.1) is 0 Å². The third-order valence-electron chi connectivity index (χ3n) is 3.15. The van der Waals surface area contributed by atoms with Crippen LogP contribution in [0.1, 0.15) is 5.56 Å². The van der Waals surface area contributed by atoms with Gasteiger partial charge in [-0.15, -0.1) is 0 Å². The van der Waals surface area contributed by atoms with Crippen molar-refractivity contribution in [2.75, 3.05) is 13.0 Å². The lowest BCUT2D eigenvalue weighted by Crippen LogP contribution is -2.60. The molecule has 0 radical (unpaired) electrons. The maximum atomic E-state index is 13.8. The fraction of sp³-hybridized carbons (Fsp3) is 0.385. The van der Waals surface area contributed by atoms with E-state index in [4.69, 9.17) is 0 Å². The van der Waals surface area contributed by atoms with E-state index < -0.39 is 53.4 Å². The van der Waals surface area contributed by atoms with Gasteiger partial charge in [-0.3, -0.25) is 0 Å². The van der Waals surface area contributed by atoms with Crippen LogP contribution in [0.5, 0.6) is 5.75 Å². The van der Waals surface area contributed by atoms with E-state index in [1.54, 1.807) is 0 Å². The van der Waals surface area contributed by atoms with Crippen LogP contribution in [-0.4, -0.2) is 54.7 Å². The molecule has 0 aliphatic heterocycles. The number of sulfonamides is 2. The molecule has 1 rings (SSSR count). The topological polar surface area (TPSA) is 135 Å². The standard InChI is InChI=1S/C13H12F6NO8S3/c1-3-9-4-6-10(7-5-9)27-8-28-31(25,26)13(18,19)11(14,15)12(16,17)30(23,24)20-29(2,21)22/h3-7H,1,8H2,2H3/q-1. The Morgan fingerprint density at radius 3 is 1.84 bits per heavy atom. The molecule has 1 aromatic rings. The van der Waals surface area contributed by atoms with E-state index in [-0.39, 0.29) is 12.0 Å². The lowest BCUT2D eigenvalue weighted by atomic mass is 10.2. The first-order valence-electron chi connectivity index (χ1n) is 7.28. The van der Waals surface area contributed by atoms with Gasteiger partial charge >= 0.3 is 26.5 Å². The van der Waals surface area contributed by atoms with Gasteiger partial charge in [0.1, 0.15) is 5.75 Å². The number of rotatable bonds is 11. The Kier molecular flexibility index (Phi) is 7.50. The monoisotopic (exact) mass is 520 g/mol. The van der Waals surface area contributed by atoms with Crippen molar-refractivity contribution in [2.24, 2.45) is 0 Å². The minimum absolute atomic E-state index is 0.115. The summed E-state index contributed by atoms with van der Waals surface area (Å²) in [5.74, 6) is -7.42. The van der Waals surface area contributed by atoms with E-state index >= 15 is 0 Å². The Morgan fingerprint density at radius 1 is 0.935 bits per heavy atom. The maximum absolute atomic E-state index is 13.8. The molecular weight excluding hydrogens is 508 g/mol. The zero-order chi connectivity index (χ0) is 24.5. The first kappa shape index (κ1) is 27.1. The summed E-state index contributed by atoms with van der Waals surface area (Å²) in [5, 5.41) is -13.8. The van der Waals surface area contributed by atoms with E-state index in [1.165, 1.54) is 22.3 Å². The second kappa shape index (κ2) is 8.57. The van der Waals surface area contributed by atoms with E-state index in [1.807, 2.05) is 0 Å². The molecule has 31 heavy (non-hydrogen) atoms. The molecule has 0 fully saturated rings. The lowest BCUT2D eigenvalue weighted by Gasteiger charge is -2.34. The second-order valence-electron chi connectivity index (χ2n) is 5.50. The molecule has 1 aromatic carbocycles. The first-order chi connectivity index (χ1) is 13.7. The second-order valence-corrected chi connectivity index (χ2v) is 10.7. The average molecular weight is 520 g/mol. The van der Waals surface area contributed by atoms with E-state index in [0.717, 1.165) is 12.1 Å². The van der Waals surface area contributed by atoms with Crippen LogP contribution in [0.4, 0.5) is 26.3 Å². The zero-order valence-electron chi connectivity index (χ0n) is 15.0. The summed E-state index contributed by atoms with van der Waals surface area (Å²) in [6.07, 6.45) is 1.27. The minimum Gasteiger partial charge on any atom is -0.466 e. The lowest BCUT2D eigenvalue weighted by molar-refractivity contribution is -0.246. The number of hydrogen-bond donors (Lipinski definition) is 0. The number of hydrogen-bond acceptors (Lipinski definition) is 8. The molecule has 0 aliphatic rings. The molecule has 9 nitrogen and oxygen atoms in total. The van der Waals surface area contributed by atoms with Crippen LogP contribution in [0.15, 0.2) is 30.8 Å². The first-order valence-corrected chi connectivity index (χ1v) is 12.0. The molecular formula is C13H12F6NO8S3-. The fourth-order valence-corrected chi connectivity index (χ4v) is 4.73. The van der Waals surface area contributed by atoms with Gasteiger partial charge in [-0.1, -0.05) is 24.8 Å². The van der Waals surface area contributed by atoms with Crippen molar-refractivity contribution in [3.05, 3.63) is 40.5 Å². The Morgan fingerprint density at radius 2 is 1.42 bits per heavy atom. The molecule has 0 saturated heterocycles. The van der Waals surface area contributed by atoms with E-state index in [0.29, 0.717) is 5.56 Å². The molecule has 0 saturated carbocycles. The fourth-order valence-electron chi connectivity index (χ4n) is 1.64. The van der Waals surface area contributed by atoms with Gasteiger partial charge in [-0.2, -0.15) is 34.8 Å². The van der Waals surface area contributed by atoms with E-state index in [9.17, 15) is 51.6 Å². The van der Waals surface area contributed by atoms with Gasteiger partial charge in [0.15, 0.2) is 10.0 Å². The number of benzene rings is 1. The predicted molar refractivity (Wildman–Crippen MR) is 94.0 cm³/mol. The highest BCUT2D eigenvalue weighted by Crippen LogP contribution is 2.52.